The Labute approximate surface area is 102 Å². The Kier molecular flexibility index (Phi) is 4.04. The van der Waals surface area contributed by atoms with Gasteiger partial charge in [0.1, 0.15) is 0 Å². The third kappa shape index (κ3) is 2.80. The van der Waals surface area contributed by atoms with E-state index in [2.05, 4.69) is 21.7 Å². The molecule has 1 unspecified atom stereocenters. The van der Waals surface area contributed by atoms with E-state index in [4.69, 9.17) is 10.6 Å². The molecule has 94 valence electrons. The summed E-state index contributed by atoms with van der Waals surface area (Å²) in [6, 6.07) is 2.22. The number of aryl methyl sites for hydroxylation is 2. The minimum Gasteiger partial charge on any atom is -0.381 e. The molecule has 1 aliphatic heterocycles. The molecular weight excluding hydrogens is 216 g/mol. The molecule has 0 aliphatic carbocycles. The van der Waals surface area contributed by atoms with Crippen LogP contribution in [0, 0.1) is 19.8 Å². The van der Waals surface area contributed by atoms with E-state index < -0.39 is 0 Å². The summed E-state index contributed by atoms with van der Waals surface area (Å²) in [5, 5.41) is 8.22. The molecule has 2 heterocycles. The predicted molar refractivity (Wildman–Crippen MR) is 65.1 cm³/mol. The highest BCUT2D eigenvalue weighted by Gasteiger charge is 2.26. The molecule has 0 radical (unpaired) electrons. The molecule has 5 heteroatoms. The second-order valence-corrected chi connectivity index (χ2v) is 4.62. The molecule has 0 spiro atoms. The SMILES string of the molecule is Cc1cc(C(NN)C2CCOCC2)c(C)nn1. The summed E-state index contributed by atoms with van der Waals surface area (Å²) in [5.74, 6) is 6.23. The molecule has 2 rings (SSSR count). The van der Waals surface area contributed by atoms with Crippen LogP contribution in [0.2, 0.25) is 0 Å². The lowest BCUT2D eigenvalue weighted by molar-refractivity contribution is 0.0534. The Bertz CT molecular complexity index is 377. The second kappa shape index (κ2) is 5.53. The minimum absolute atomic E-state index is 0.146. The summed E-state index contributed by atoms with van der Waals surface area (Å²) in [4.78, 5) is 0. The standard InChI is InChI=1S/C12H20N4O/c1-8-7-11(9(2)16-15-8)12(14-13)10-3-5-17-6-4-10/h7,10,12,14H,3-6,13H2,1-2H3. The molecule has 1 aliphatic rings. The smallest absolute Gasteiger partial charge is 0.0648 e. The Morgan fingerprint density at radius 2 is 2.06 bits per heavy atom. The highest BCUT2D eigenvalue weighted by molar-refractivity contribution is 5.24. The molecule has 5 nitrogen and oxygen atoms in total. The van der Waals surface area contributed by atoms with Crippen molar-refractivity contribution in [1.29, 1.82) is 0 Å². The highest BCUT2D eigenvalue weighted by atomic mass is 16.5. The zero-order valence-corrected chi connectivity index (χ0v) is 10.4. The van der Waals surface area contributed by atoms with Gasteiger partial charge < -0.3 is 4.74 Å². The summed E-state index contributed by atoms with van der Waals surface area (Å²) < 4.78 is 5.39. The van der Waals surface area contributed by atoms with E-state index in [1.54, 1.807) is 0 Å². The van der Waals surface area contributed by atoms with Gasteiger partial charge in [0.25, 0.3) is 0 Å². The third-order valence-electron chi connectivity index (χ3n) is 3.39. The molecule has 1 saturated heterocycles. The number of rotatable bonds is 3. The van der Waals surface area contributed by atoms with Crippen LogP contribution >= 0.6 is 0 Å². The van der Waals surface area contributed by atoms with Gasteiger partial charge in [-0.25, -0.2) is 0 Å². The number of nitrogens with zero attached hydrogens (tertiary/aromatic N) is 2. The van der Waals surface area contributed by atoms with E-state index in [0.717, 1.165) is 43.0 Å². The Morgan fingerprint density at radius 1 is 1.35 bits per heavy atom. The quantitative estimate of drug-likeness (QED) is 0.605. The molecule has 0 amide bonds. The van der Waals surface area contributed by atoms with Gasteiger partial charge in [0, 0.05) is 13.2 Å². The normalized spacial score (nSPS) is 19.2. The van der Waals surface area contributed by atoms with Crippen LogP contribution in [0.5, 0.6) is 0 Å². The molecule has 0 aromatic carbocycles. The van der Waals surface area contributed by atoms with Gasteiger partial charge in [-0.3, -0.25) is 11.3 Å². The lowest BCUT2D eigenvalue weighted by Gasteiger charge is -2.30. The van der Waals surface area contributed by atoms with Crippen LogP contribution in [0.3, 0.4) is 0 Å². The lowest BCUT2D eigenvalue weighted by Crippen LogP contribution is -2.36. The maximum absolute atomic E-state index is 5.72. The van der Waals surface area contributed by atoms with Crippen molar-refractivity contribution in [3.63, 3.8) is 0 Å². The summed E-state index contributed by atoms with van der Waals surface area (Å²) in [5.41, 5.74) is 5.97. The Hall–Kier alpha value is -1.04. The average Bonchev–Trinajstić information content (AvgIpc) is 2.36. The van der Waals surface area contributed by atoms with E-state index in [1.165, 1.54) is 0 Å². The van der Waals surface area contributed by atoms with Crippen molar-refractivity contribution >= 4 is 0 Å². The Morgan fingerprint density at radius 3 is 2.71 bits per heavy atom. The number of hydrogen-bond acceptors (Lipinski definition) is 5. The van der Waals surface area contributed by atoms with Crippen LogP contribution in [-0.4, -0.2) is 23.4 Å². The molecule has 17 heavy (non-hydrogen) atoms. The molecule has 3 N–H and O–H groups in total. The van der Waals surface area contributed by atoms with Gasteiger partial charge in [-0.2, -0.15) is 10.2 Å². The third-order valence-corrected chi connectivity index (χ3v) is 3.39. The van der Waals surface area contributed by atoms with Crippen molar-refractivity contribution in [3.8, 4) is 0 Å². The van der Waals surface area contributed by atoms with Crippen molar-refractivity contribution < 1.29 is 4.74 Å². The van der Waals surface area contributed by atoms with Gasteiger partial charge in [0.15, 0.2) is 0 Å². The van der Waals surface area contributed by atoms with Gasteiger partial charge >= 0.3 is 0 Å². The van der Waals surface area contributed by atoms with E-state index in [9.17, 15) is 0 Å². The molecular formula is C12H20N4O. The number of hydrazine groups is 1. The lowest BCUT2D eigenvalue weighted by atomic mass is 9.87. The van der Waals surface area contributed by atoms with Crippen molar-refractivity contribution in [2.45, 2.75) is 32.7 Å². The summed E-state index contributed by atoms with van der Waals surface area (Å²) >= 11 is 0. The van der Waals surface area contributed by atoms with Gasteiger partial charge in [-0.05, 0) is 44.2 Å². The van der Waals surface area contributed by atoms with Gasteiger partial charge in [-0.15, -0.1) is 0 Å². The second-order valence-electron chi connectivity index (χ2n) is 4.62. The molecule has 1 aromatic heterocycles. The first-order chi connectivity index (χ1) is 8.22. The number of ether oxygens (including phenoxy) is 1. The zero-order valence-electron chi connectivity index (χ0n) is 10.4. The first-order valence-electron chi connectivity index (χ1n) is 6.07. The van der Waals surface area contributed by atoms with Crippen LogP contribution in [0.1, 0.15) is 35.8 Å². The molecule has 1 aromatic rings. The van der Waals surface area contributed by atoms with Crippen LogP contribution in [0.25, 0.3) is 0 Å². The number of aromatic nitrogens is 2. The fourth-order valence-corrected chi connectivity index (χ4v) is 2.41. The van der Waals surface area contributed by atoms with E-state index >= 15 is 0 Å². The maximum Gasteiger partial charge on any atom is 0.0648 e. The number of nitrogens with two attached hydrogens (primary N) is 1. The molecule has 0 saturated carbocycles. The van der Waals surface area contributed by atoms with Crippen LogP contribution < -0.4 is 11.3 Å². The fourth-order valence-electron chi connectivity index (χ4n) is 2.41. The van der Waals surface area contributed by atoms with Gasteiger partial charge in [-0.1, -0.05) is 0 Å². The average molecular weight is 236 g/mol. The summed E-state index contributed by atoms with van der Waals surface area (Å²) in [7, 11) is 0. The fraction of sp³-hybridized carbons (Fsp3) is 0.667. The maximum atomic E-state index is 5.72. The van der Waals surface area contributed by atoms with Crippen molar-refractivity contribution in [2.24, 2.45) is 11.8 Å². The van der Waals surface area contributed by atoms with Crippen LogP contribution in [0.15, 0.2) is 6.07 Å². The highest BCUT2D eigenvalue weighted by Crippen LogP contribution is 2.30. The van der Waals surface area contributed by atoms with Gasteiger partial charge in [0.2, 0.25) is 0 Å². The minimum atomic E-state index is 0.146. The first-order valence-corrected chi connectivity index (χ1v) is 6.07. The van der Waals surface area contributed by atoms with E-state index in [0.29, 0.717) is 5.92 Å². The molecule has 1 atom stereocenters. The van der Waals surface area contributed by atoms with E-state index in [-0.39, 0.29) is 6.04 Å². The van der Waals surface area contributed by atoms with E-state index in [1.807, 2.05) is 13.8 Å². The van der Waals surface area contributed by atoms with Crippen LogP contribution in [-0.2, 0) is 4.74 Å². The summed E-state index contributed by atoms with van der Waals surface area (Å²) in [6.45, 7) is 5.57. The topological polar surface area (TPSA) is 73.1 Å². The first kappa shape index (κ1) is 12.4. The van der Waals surface area contributed by atoms with Crippen molar-refractivity contribution in [1.82, 2.24) is 15.6 Å². The Balaban J connectivity index is 2.24. The molecule has 1 fully saturated rings. The largest absolute Gasteiger partial charge is 0.381 e. The predicted octanol–water partition coefficient (Wildman–Crippen LogP) is 1.02. The molecule has 0 bridgehead atoms. The van der Waals surface area contributed by atoms with Crippen molar-refractivity contribution in [3.05, 3.63) is 23.0 Å². The van der Waals surface area contributed by atoms with Gasteiger partial charge in [0.05, 0.1) is 17.4 Å². The number of hydrogen-bond donors (Lipinski definition) is 2. The zero-order chi connectivity index (χ0) is 12.3. The number of nitrogens with one attached hydrogen (secondary N) is 1. The monoisotopic (exact) mass is 236 g/mol. The summed E-state index contributed by atoms with van der Waals surface area (Å²) in [6.07, 6.45) is 2.07. The van der Waals surface area contributed by atoms with Crippen molar-refractivity contribution in [2.75, 3.05) is 13.2 Å². The van der Waals surface area contributed by atoms with Crippen LogP contribution in [0.4, 0.5) is 0 Å².